The molecule has 4 heteroatoms. The lowest BCUT2D eigenvalue weighted by atomic mass is 9.87. The molecule has 1 aromatic rings. The van der Waals surface area contributed by atoms with E-state index >= 15 is 0 Å². The van der Waals surface area contributed by atoms with Crippen LogP contribution in [0.1, 0.15) is 31.7 Å². The highest BCUT2D eigenvalue weighted by Gasteiger charge is 2.62. The summed E-state index contributed by atoms with van der Waals surface area (Å²) in [5.74, 6) is 1.91. The van der Waals surface area contributed by atoms with Crippen molar-refractivity contribution in [3.63, 3.8) is 0 Å². The number of rotatable bonds is 2. The molecule has 1 amide bonds. The van der Waals surface area contributed by atoms with Gasteiger partial charge in [-0.05, 0) is 44.7 Å². The summed E-state index contributed by atoms with van der Waals surface area (Å²) >= 11 is 0. The Morgan fingerprint density at radius 3 is 3.05 bits per heavy atom. The maximum Gasteiger partial charge on any atom is 0.226 e. The van der Waals surface area contributed by atoms with Gasteiger partial charge in [-0.25, -0.2) is 0 Å². The van der Waals surface area contributed by atoms with Crippen LogP contribution in [0, 0.1) is 11.8 Å². The predicted molar refractivity (Wildman–Crippen MR) is 84.7 cm³/mol. The highest BCUT2D eigenvalue weighted by molar-refractivity contribution is 5.85. The first-order valence-electron chi connectivity index (χ1n) is 8.38. The van der Waals surface area contributed by atoms with Crippen LogP contribution in [-0.4, -0.2) is 36.5 Å². The lowest BCUT2D eigenvalue weighted by Crippen LogP contribution is -2.38. The van der Waals surface area contributed by atoms with Gasteiger partial charge in [0.2, 0.25) is 5.91 Å². The zero-order valence-electron chi connectivity index (χ0n) is 13.1. The minimum atomic E-state index is 0.0342. The Labute approximate surface area is 131 Å². The zero-order valence-corrected chi connectivity index (χ0v) is 13.1. The Bertz CT molecular complexity index is 603. The fourth-order valence-electron chi connectivity index (χ4n) is 4.50. The second kappa shape index (κ2) is 4.98. The predicted octanol–water partition coefficient (Wildman–Crippen LogP) is 1.92. The van der Waals surface area contributed by atoms with E-state index in [4.69, 9.17) is 10.5 Å². The molecule has 2 heterocycles. The van der Waals surface area contributed by atoms with E-state index < -0.39 is 0 Å². The minimum Gasteiger partial charge on any atom is -0.493 e. The number of para-hydroxylation sites is 1. The molecular weight excluding hydrogens is 276 g/mol. The Hall–Kier alpha value is -1.55. The van der Waals surface area contributed by atoms with Crippen LogP contribution in [0.25, 0.3) is 0 Å². The molecule has 4 atom stereocenters. The van der Waals surface area contributed by atoms with Gasteiger partial charge in [-0.1, -0.05) is 18.2 Å². The first-order valence-corrected chi connectivity index (χ1v) is 8.38. The number of hydrogen-bond acceptors (Lipinski definition) is 3. The van der Waals surface area contributed by atoms with Crippen LogP contribution in [0.15, 0.2) is 24.3 Å². The van der Waals surface area contributed by atoms with Gasteiger partial charge in [0.05, 0.1) is 6.61 Å². The number of hydrogen-bond donors (Lipinski definition) is 1. The van der Waals surface area contributed by atoms with Gasteiger partial charge >= 0.3 is 0 Å². The molecule has 118 valence electrons. The van der Waals surface area contributed by atoms with Crippen LogP contribution in [0.4, 0.5) is 0 Å². The Balaban J connectivity index is 1.56. The minimum absolute atomic E-state index is 0.0342. The number of carbonyl (C=O) groups excluding carboxylic acids is 1. The lowest BCUT2D eigenvalue weighted by molar-refractivity contribution is -0.133. The quantitative estimate of drug-likeness (QED) is 0.908. The van der Waals surface area contributed by atoms with Crippen LogP contribution < -0.4 is 10.5 Å². The summed E-state index contributed by atoms with van der Waals surface area (Å²) in [4.78, 5) is 15.1. The van der Waals surface area contributed by atoms with Gasteiger partial charge in [0.15, 0.2) is 0 Å². The first kappa shape index (κ1) is 14.1. The third-order valence-corrected chi connectivity index (χ3v) is 5.88. The van der Waals surface area contributed by atoms with Crippen LogP contribution in [-0.2, 0) is 10.2 Å². The Kier molecular flexibility index (Phi) is 3.19. The summed E-state index contributed by atoms with van der Waals surface area (Å²) < 4.78 is 5.77. The number of carbonyl (C=O) groups is 1. The second-order valence-electron chi connectivity index (χ2n) is 7.18. The largest absolute Gasteiger partial charge is 0.493 e. The van der Waals surface area contributed by atoms with Crippen LogP contribution >= 0.6 is 0 Å². The number of benzene rings is 1. The highest BCUT2D eigenvalue weighted by Crippen LogP contribution is 2.61. The van der Waals surface area contributed by atoms with E-state index in [9.17, 15) is 4.79 Å². The molecule has 4 unspecified atom stereocenters. The summed E-state index contributed by atoms with van der Waals surface area (Å²) in [5, 5.41) is 0. The highest BCUT2D eigenvalue weighted by atomic mass is 16.5. The molecule has 1 aliphatic carbocycles. The molecule has 2 aliphatic heterocycles. The molecule has 22 heavy (non-hydrogen) atoms. The van der Waals surface area contributed by atoms with Gasteiger partial charge in [-0.3, -0.25) is 4.79 Å². The second-order valence-corrected chi connectivity index (χ2v) is 7.18. The first-order chi connectivity index (χ1) is 10.7. The van der Waals surface area contributed by atoms with Gasteiger partial charge < -0.3 is 15.4 Å². The summed E-state index contributed by atoms with van der Waals surface area (Å²) in [5.41, 5.74) is 7.07. The van der Waals surface area contributed by atoms with Crippen LogP contribution in [0.3, 0.4) is 0 Å². The fraction of sp³-hybridized carbons (Fsp3) is 0.611. The monoisotopic (exact) mass is 300 g/mol. The van der Waals surface area contributed by atoms with E-state index in [0.717, 1.165) is 38.2 Å². The van der Waals surface area contributed by atoms with Crippen molar-refractivity contribution in [2.75, 3.05) is 19.7 Å². The molecule has 0 aromatic heterocycles. The molecule has 4 nitrogen and oxygen atoms in total. The third-order valence-electron chi connectivity index (χ3n) is 5.88. The van der Waals surface area contributed by atoms with E-state index in [1.807, 2.05) is 12.1 Å². The molecule has 1 saturated heterocycles. The van der Waals surface area contributed by atoms with Gasteiger partial charge in [-0.2, -0.15) is 0 Å². The van der Waals surface area contributed by atoms with Crippen molar-refractivity contribution >= 4 is 5.91 Å². The number of nitrogens with two attached hydrogens (primary N) is 1. The van der Waals surface area contributed by atoms with E-state index in [2.05, 4.69) is 24.0 Å². The van der Waals surface area contributed by atoms with Crippen molar-refractivity contribution in [3.05, 3.63) is 29.8 Å². The molecular formula is C18H24N2O2. The summed E-state index contributed by atoms with van der Waals surface area (Å²) in [7, 11) is 0. The van der Waals surface area contributed by atoms with Crippen molar-refractivity contribution in [2.24, 2.45) is 17.6 Å². The molecule has 0 radical (unpaired) electrons. The Morgan fingerprint density at radius 1 is 1.45 bits per heavy atom. The lowest BCUT2D eigenvalue weighted by Gasteiger charge is -2.28. The number of ether oxygens (including phenoxy) is 1. The third kappa shape index (κ3) is 1.97. The molecule has 4 rings (SSSR count). The van der Waals surface area contributed by atoms with E-state index in [0.29, 0.717) is 24.4 Å². The molecule has 1 saturated carbocycles. The van der Waals surface area contributed by atoms with Crippen molar-refractivity contribution in [3.8, 4) is 5.75 Å². The van der Waals surface area contributed by atoms with Crippen LogP contribution in [0.5, 0.6) is 5.75 Å². The molecule has 0 bridgehead atoms. The Morgan fingerprint density at radius 2 is 2.27 bits per heavy atom. The maximum atomic E-state index is 13.0. The van der Waals surface area contributed by atoms with E-state index in [1.54, 1.807) is 0 Å². The van der Waals surface area contributed by atoms with Crippen LogP contribution in [0.2, 0.25) is 0 Å². The topological polar surface area (TPSA) is 55.6 Å². The average molecular weight is 300 g/mol. The smallest absolute Gasteiger partial charge is 0.226 e. The van der Waals surface area contributed by atoms with E-state index in [1.165, 1.54) is 5.56 Å². The SMILES string of the molecule is CC1CC(CN)CN1C(=O)C1CC12CCOc1ccccc12. The molecule has 1 aromatic carbocycles. The zero-order chi connectivity index (χ0) is 15.3. The van der Waals surface area contributed by atoms with Crippen molar-refractivity contribution in [1.29, 1.82) is 0 Å². The van der Waals surface area contributed by atoms with Gasteiger partial charge in [0, 0.05) is 29.5 Å². The van der Waals surface area contributed by atoms with Gasteiger partial charge in [0.1, 0.15) is 5.75 Å². The fourth-order valence-corrected chi connectivity index (χ4v) is 4.50. The summed E-state index contributed by atoms with van der Waals surface area (Å²) in [6.07, 6.45) is 2.98. The van der Waals surface area contributed by atoms with Crippen molar-refractivity contribution in [2.45, 2.75) is 37.6 Å². The standard InChI is InChI=1S/C18H24N2O2/c1-12-8-13(10-19)11-20(12)17(21)15-9-18(15)6-7-22-16-5-3-2-4-14(16)18/h2-5,12-13,15H,6-11,19H2,1H3. The van der Waals surface area contributed by atoms with Gasteiger partial charge in [-0.15, -0.1) is 0 Å². The normalized spacial score (nSPS) is 36.1. The molecule has 2 N–H and O–H groups in total. The molecule has 3 aliphatic rings. The summed E-state index contributed by atoms with van der Waals surface area (Å²) in [6.45, 7) is 4.39. The number of nitrogens with zero attached hydrogens (tertiary/aromatic N) is 1. The van der Waals surface area contributed by atoms with Gasteiger partial charge in [0.25, 0.3) is 0 Å². The van der Waals surface area contributed by atoms with Crippen molar-refractivity contribution in [1.82, 2.24) is 4.90 Å². The van der Waals surface area contributed by atoms with E-state index in [-0.39, 0.29) is 11.3 Å². The molecule has 2 fully saturated rings. The van der Waals surface area contributed by atoms with Crippen molar-refractivity contribution < 1.29 is 9.53 Å². The summed E-state index contributed by atoms with van der Waals surface area (Å²) in [6, 6.07) is 8.55. The average Bonchev–Trinajstić information content (AvgIpc) is 3.12. The maximum absolute atomic E-state index is 13.0. The number of fused-ring (bicyclic) bond motifs is 2. The number of likely N-dealkylation sites (tertiary alicyclic amines) is 1. The number of amides is 1. The molecule has 1 spiro atoms.